The first-order valence-corrected chi connectivity index (χ1v) is 7.82. The molecule has 0 aliphatic carbocycles. The first-order chi connectivity index (χ1) is 12.2. The molecule has 0 atom stereocenters. The lowest BCUT2D eigenvalue weighted by Gasteiger charge is -2.10. The maximum Gasteiger partial charge on any atom is 0.417 e. The van der Waals surface area contributed by atoms with E-state index < -0.39 is 23.5 Å². The quantitative estimate of drug-likeness (QED) is 0.680. The predicted molar refractivity (Wildman–Crippen MR) is 87.5 cm³/mol. The molecule has 4 nitrogen and oxygen atoms in total. The van der Waals surface area contributed by atoms with Gasteiger partial charge >= 0.3 is 6.18 Å². The Balaban J connectivity index is 1.95. The average Bonchev–Trinajstić information content (AvgIpc) is 2.90. The van der Waals surface area contributed by atoms with Crippen molar-refractivity contribution in [2.24, 2.45) is 0 Å². The number of carbonyl (C=O) groups excluding carboxylic acids is 1. The number of imidazole rings is 1. The zero-order valence-corrected chi connectivity index (χ0v) is 14.1. The Morgan fingerprint density at radius 3 is 2.54 bits per heavy atom. The fourth-order valence-electron chi connectivity index (χ4n) is 2.51. The van der Waals surface area contributed by atoms with Crippen LogP contribution in [0.3, 0.4) is 0 Å². The van der Waals surface area contributed by atoms with Gasteiger partial charge in [0.15, 0.2) is 5.65 Å². The number of rotatable bonds is 3. The van der Waals surface area contributed by atoms with Crippen molar-refractivity contribution in [1.82, 2.24) is 14.7 Å². The third-order valence-corrected chi connectivity index (χ3v) is 4.04. The van der Waals surface area contributed by atoms with Crippen LogP contribution in [0.5, 0.6) is 0 Å². The molecule has 0 aliphatic heterocycles. The Bertz CT molecular complexity index is 980. The van der Waals surface area contributed by atoms with E-state index in [1.165, 1.54) is 31.2 Å². The molecule has 1 aromatic carbocycles. The Morgan fingerprint density at radius 1 is 1.27 bits per heavy atom. The lowest BCUT2D eigenvalue weighted by molar-refractivity contribution is -0.137. The fraction of sp³-hybridized carbons (Fsp3) is 0.176. The van der Waals surface area contributed by atoms with Crippen LogP contribution < -0.4 is 5.32 Å². The van der Waals surface area contributed by atoms with Crippen LogP contribution in [-0.4, -0.2) is 15.3 Å². The summed E-state index contributed by atoms with van der Waals surface area (Å²) in [6.07, 6.45) is -3.83. The molecule has 26 heavy (non-hydrogen) atoms. The second kappa shape index (κ2) is 6.60. The van der Waals surface area contributed by atoms with Crippen LogP contribution in [0.2, 0.25) is 5.02 Å². The van der Waals surface area contributed by atoms with E-state index in [2.05, 4.69) is 10.3 Å². The number of aryl methyl sites for hydroxylation is 1. The second-order valence-electron chi connectivity index (χ2n) is 5.62. The monoisotopic (exact) mass is 385 g/mol. The summed E-state index contributed by atoms with van der Waals surface area (Å²) in [5.74, 6) is -1.03. The summed E-state index contributed by atoms with van der Waals surface area (Å²) in [6, 6.07) is 6.25. The Kier molecular flexibility index (Phi) is 4.62. The van der Waals surface area contributed by atoms with Gasteiger partial charge in [-0.2, -0.15) is 13.2 Å². The van der Waals surface area contributed by atoms with E-state index in [1.807, 2.05) is 0 Å². The molecule has 3 aromatic rings. The van der Waals surface area contributed by atoms with E-state index in [0.29, 0.717) is 5.56 Å². The lowest BCUT2D eigenvalue weighted by Crippen LogP contribution is -2.25. The summed E-state index contributed by atoms with van der Waals surface area (Å²) in [5.41, 5.74) is -0.0951. The van der Waals surface area contributed by atoms with Crippen molar-refractivity contribution in [3.63, 3.8) is 0 Å². The molecule has 2 heterocycles. The molecule has 2 aromatic heterocycles. The van der Waals surface area contributed by atoms with E-state index in [1.54, 1.807) is 0 Å². The van der Waals surface area contributed by atoms with Gasteiger partial charge in [-0.3, -0.25) is 9.20 Å². The standard InChI is InChI=1S/C17H12ClF4N3O/c1-9-14(16(26)23-7-10-2-4-12(19)5-3-10)25-8-11(17(20,21)22)6-13(18)15(25)24-9/h2-6,8H,7H2,1H3,(H,23,26). The van der Waals surface area contributed by atoms with E-state index in [9.17, 15) is 22.4 Å². The van der Waals surface area contributed by atoms with Gasteiger partial charge in [0.05, 0.1) is 16.3 Å². The van der Waals surface area contributed by atoms with Gasteiger partial charge in [-0.1, -0.05) is 23.7 Å². The highest BCUT2D eigenvalue weighted by molar-refractivity contribution is 6.33. The number of hydrogen-bond acceptors (Lipinski definition) is 2. The number of amides is 1. The maximum absolute atomic E-state index is 13.0. The lowest BCUT2D eigenvalue weighted by atomic mass is 10.2. The highest BCUT2D eigenvalue weighted by Gasteiger charge is 2.32. The van der Waals surface area contributed by atoms with Gasteiger partial charge in [0.1, 0.15) is 11.5 Å². The molecular weight excluding hydrogens is 374 g/mol. The molecule has 136 valence electrons. The topological polar surface area (TPSA) is 46.4 Å². The highest BCUT2D eigenvalue weighted by atomic mass is 35.5. The summed E-state index contributed by atoms with van der Waals surface area (Å²) < 4.78 is 53.0. The van der Waals surface area contributed by atoms with Crippen LogP contribution in [0, 0.1) is 12.7 Å². The van der Waals surface area contributed by atoms with Crippen LogP contribution in [-0.2, 0) is 12.7 Å². The maximum atomic E-state index is 13.0. The summed E-state index contributed by atoms with van der Waals surface area (Å²) in [6.45, 7) is 1.59. The predicted octanol–water partition coefficient (Wildman–Crippen LogP) is 4.38. The largest absolute Gasteiger partial charge is 0.417 e. The SMILES string of the molecule is Cc1nc2c(Cl)cc(C(F)(F)F)cn2c1C(=O)NCc1ccc(F)cc1. The normalized spacial score (nSPS) is 11.8. The van der Waals surface area contributed by atoms with Crippen LogP contribution in [0.15, 0.2) is 36.5 Å². The number of halogens is 5. The summed E-state index contributed by atoms with van der Waals surface area (Å²) in [7, 11) is 0. The van der Waals surface area contributed by atoms with Gasteiger partial charge in [-0.15, -0.1) is 0 Å². The van der Waals surface area contributed by atoms with Crippen molar-refractivity contribution in [1.29, 1.82) is 0 Å². The number of nitrogens with one attached hydrogen (secondary N) is 1. The van der Waals surface area contributed by atoms with Crippen LogP contribution in [0.25, 0.3) is 5.65 Å². The van der Waals surface area contributed by atoms with Gasteiger partial charge in [0.25, 0.3) is 5.91 Å². The first-order valence-electron chi connectivity index (χ1n) is 7.45. The molecule has 0 aliphatic rings. The van der Waals surface area contributed by atoms with Crippen LogP contribution in [0.1, 0.15) is 27.3 Å². The van der Waals surface area contributed by atoms with Gasteiger partial charge in [0, 0.05) is 12.7 Å². The molecule has 3 rings (SSSR count). The molecule has 0 unspecified atom stereocenters. The number of alkyl halides is 3. The minimum absolute atomic E-state index is 0.0462. The minimum atomic E-state index is -4.61. The first kappa shape index (κ1) is 18.2. The molecule has 0 spiro atoms. The number of hydrogen-bond donors (Lipinski definition) is 1. The van der Waals surface area contributed by atoms with Gasteiger partial charge < -0.3 is 5.32 Å². The molecule has 1 amide bonds. The highest BCUT2D eigenvalue weighted by Crippen LogP contribution is 2.33. The molecule has 0 radical (unpaired) electrons. The zero-order chi connectivity index (χ0) is 19.1. The smallest absolute Gasteiger partial charge is 0.347 e. The van der Waals surface area contributed by atoms with E-state index in [0.717, 1.165) is 16.7 Å². The number of benzene rings is 1. The Morgan fingerprint density at radius 2 is 1.92 bits per heavy atom. The summed E-state index contributed by atoms with van der Waals surface area (Å²) in [5, 5.41) is 2.38. The van der Waals surface area contributed by atoms with Crippen molar-refractivity contribution in [2.45, 2.75) is 19.6 Å². The average molecular weight is 386 g/mol. The molecule has 0 saturated carbocycles. The Labute approximate surface area is 150 Å². The summed E-state index contributed by atoms with van der Waals surface area (Å²) >= 11 is 5.90. The van der Waals surface area contributed by atoms with Crippen molar-refractivity contribution in [2.75, 3.05) is 0 Å². The number of carbonyl (C=O) groups is 1. The third kappa shape index (κ3) is 3.50. The Hall–Kier alpha value is -2.61. The molecular formula is C17H12ClF4N3O. The summed E-state index contributed by atoms with van der Waals surface area (Å²) in [4.78, 5) is 16.6. The number of fused-ring (bicyclic) bond motifs is 1. The molecule has 0 bridgehead atoms. The number of nitrogens with zero attached hydrogens (tertiary/aromatic N) is 2. The number of pyridine rings is 1. The van der Waals surface area contributed by atoms with Crippen molar-refractivity contribution in [3.8, 4) is 0 Å². The molecule has 0 saturated heterocycles. The zero-order valence-electron chi connectivity index (χ0n) is 13.4. The second-order valence-corrected chi connectivity index (χ2v) is 6.03. The van der Waals surface area contributed by atoms with E-state index in [-0.39, 0.29) is 28.6 Å². The van der Waals surface area contributed by atoms with Crippen molar-refractivity contribution >= 4 is 23.2 Å². The van der Waals surface area contributed by atoms with Crippen molar-refractivity contribution < 1.29 is 22.4 Å². The fourth-order valence-corrected chi connectivity index (χ4v) is 2.77. The van der Waals surface area contributed by atoms with E-state index in [4.69, 9.17) is 11.6 Å². The van der Waals surface area contributed by atoms with Gasteiger partial charge in [-0.25, -0.2) is 9.37 Å². The van der Waals surface area contributed by atoms with Crippen molar-refractivity contribution in [3.05, 3.63) is 69.9 Å². The molecule has 9 heteroatoms. The molecule has 1 N–H and O–H groups in total. The number of aromatic nitrogens is 2. The van der Waals surface area contributed by atoms with E-state index >= 15 is 0 Å². The third-order valence-electron chi connectivity index (χ3n) is 3.76. The molecule has 0 fully saturated rings. The van der Waals surface area contributed by atoms with Gasteiger partial charge in [-0.05, 0) is 30.7 Å². The minimum Gasteiger partial charge on any atom is -0.347 e. The van der Waals surface area contributed by atoms with Gasteiger partial charge in [0.2, 0.25) is 0 Å². The van der Waals surface area contributed by atoms with Crippen LogP contribution in [0.4, 0.5) is 17.6 Å². The van der Waals surface area contributed by atoms with Crippen LogP contribution >= 0.6 is 11.6 Å².